The van der Waals surface area contributed by atoms with Crippen molar-refractivity contribution in [2.75, 3.05) is 0 Å². The third-order valence-corrected chi connectivity index (χ3v) is 4.93. The fourth-order valence-corrected chi connectivity index (χ4v) is 3.16. The van der Waals surface area contributed by atoms with E-state index in [0.29, 0.717) is 17.5 Å². The van der Waals surface area contributed by atoms with Gasteiger partial charge in [0.25, 0.3) is 0 Å². The number of aliphatic hydroxyl groups is 1. The number of phenols is 4. The highest BCUT2D eigenvalue weighted by molar-refractivity contribution is 6.02. The molecule has 2 aromatic rings. The van der Waals surface area contributed by atoms with E-state index in [1.807, 2.05) is 39.8 Å². The molecule has 0 bridgehead atoms. The number of benzene rings is 2. The maximum atomic E-state index is 12.8. The Bertz CT molecular complexity index is 1020. The molecule has 0 saturated heterocycles. The minimum absolute atomic E-state index is 0.0878. The smallest absolute Gasteiger partial charge is 0.195 e. The summed E-state index contributed by atoms with van der Waals surface area (Å²) in [5.41, 5.74) is 3.11. The lowest BCUT2D eigenvalue weighted by molar-refractivity contribution is 0.0744. The van der Waals surface area contributed by atoms with Crippen LogP contribution in [0, 0.1) is 0 Å². The molecule has 6 nitrogen and oxygen atoms in total. The summed E-state index contributed by atoms with van der Waals surface area (Å²) in [5, 5.41) is 51.1. The largest absolute Gasteiger partial charge is 0.508 e. The molecule has 0 aromatic heterocycles. The monoisotopic (exact) mass is 426 g/mol. The van der Waals surface area contributed by atoms with Gasteiger partial charge in [-0.25, -0.2) is 0 Å². The van der Waals surface area contributed by atoms with E-state index in [-0.39, 0.29) is 47.0 Å². The second-order valence-electron chi connectivity index (χ2n) is 8.14. The Hall–Kier alpha value is -3.25. The molecule has 2 rings (SSSR count). The first-order valence-corrected chi connectivity index (χ1v) is 10.1. The number of allylic oxidation sites excluding steroid dienone is 4. The van der Waals surface area contributed by atoms with E-state index in [9.17, 15) is 30.3 Å². The Kier molecular flexibility index (Phi) is 7.89. The van der Waals surface area contributed by atoms with E-state index in [1.165, 1.54) is 18.2 Å². The summed E-state index contributed by atoms with van der Waals surface area (Å²) in [6, 6.07) is 5.52. The van der Waals surface area contributed by atoms with Crippen molar-refractivity contribution < 1.29 is 30.3 Å². The molecule has 0 amide bonds. The van der Waals surface area contributed by atoms with E-state index in [2.05, 4.69) is 0 Å². The molecule has 0 aliphatic rings. The second kappa shape index (κ2) is 10.2. The van der Waals surface area contributed by atoms with Crippen LogP contribution in [0.25, 0.3) is 0 Å². The zero-order valence-electron chi connectivity index (χ0n) is 18.3. The van der Waals surface area contributed by atoms with Gasteiger partial charge in [-0.3, -0.25) is 4.79 Å². The first-order valence-electron chi connectivity index (χ1n) is 10.1. The van der Waals surface area contributed by atoms with Gasteiger partial charge in [-0.15, -0.1) is 0 Å². The predicted molar refractivity (Wildman–Crippen MR) is 120 cm³/mol. The molecule has 6 heteroatoms. The van der Waals surface area contributed by atoms with Crippen molar-refractivity contribution in [2.24, 2.45) is 0 Å². The number of aromatic hydroxyl groups is 4. The fraction of sp³-hybridized carbons (Fsp3) is 0.320. The van der Waals surface area contributed by atoms with Crippen LogP contribution < -0.4 is 0 Å². The number of hydrogen-bond acceptors (Lipinski definition) is 6. The van der Waals surface area contributed by atoms with Crippen LogP contribution in [0.15, 0.2) is 47.6 Å². The van der Waals surface area contributed by atoms with Crippen molar-refractivity contribution in [2.45, 2.75) is 53.1 Å². The number of aliphatic hydroxyl groups excluding tert-OH is 1. The minimum atomic E-state index is -1.48. The molecule has 166 valence electrons. The van der Waals surface area contributed by atoms with Crippen molar-refractivity contribution in [3.63, 3.8) is 0 Å². The van der Waals surface area contributed by atoms with Crippen LogP contribution in [-0.2, 0) is 19.3 Å². The van der Waals surface area contributed by atoms with E-state index in [4.69, 9.17) is 0 Å². The molecular formula is C25H30O6. The summed E-state index contributed by atoms with van der Waals surface area (Å²) in [7, 11) is 0. The van der Waals surface area contributed by atoms with Crippen molar-refractivity contribution in [3.05, 3.63) is 69.8 Å². The lowest BCUT2D eigenvalue weighted by atomic mass is 9.94. The maximum Gasteiger partial charge on any atom is 0.195 e. The van der Waals surface area contributed by atoms with E-state index in [1.54, 1.807) is 6.07 Å². The van der Waals surface area contributed by atoms with Gasteiger partial charge < -0.3 is 25.5 Å². The molecule has 31 heavy (non-hydrogen) atoms. The minimum Gasteiger partial charge on any atom is -0.508 e. The Morgan fingerprint density at radius 2 is 1.48 bits per heavy atom. The van der Waals surface area contributed by atoms with Crippen LogP contribution in [0.5, 0.6) is 23.0 Å². The number of phenolic OH excluding ortho intramolecular Hbond substituents is 4. The highest BCUT2D eigenvalue weighted by Crippen LogP contribution is 2.34. The fourth-order valence-electron chi connectivity index (χ4n) is 3.16. The SMILES string of the molecule is CC(C)=CCc1cc(CC(O)C(=O)c2ccc(O)c(CC=C(C)C)c2O)cc(O)c1O. The third-order valence-electron chi connectivity index (χ3n) is 4.93. The van der Waals surface area contributed by atoms with Crippen molar-refractivity contribution in [1.82, 2.24) is 0 Å². The summed E-state index contributed by atoms with van der Waals surface area (Å²) >= 11 is 0. The van der Waals surface area contributed by atoms with E-state index in [0.717, 1.165) is 11.1 Å². The number of carbonyl (C=O) groups excluding carboxylic acids is 1. The number of carbonyl (C=O) groups is 1. The zero-order valence-corrected chi connectivity index (χ0v) is 18.3. The normalized spacial score (nSPS) is 11.6. The van der Waals surface area contributed by atoms with Gasteiger partial charge in [-0.05, 0) is 64.3 Å². The van der Waals surface area contributed by atoms with Gasteiger partial charge in [-0.1, -0.05) is 29.4 Å². The molecular weight excluding hydrogens is 396 g/mol. The van der Waals surface area contributed by atoms with Crippen LogP contribution in [0.3, 0.4) is 0 Å². The third kappa shape index (κ3) is 6.12. The van der Waals surface area contributed by atoms with Gasteiger partial charge >= 0.3 is 0 Å². The molecule has 0 saturated carbocycles. The highest BCUT2D eigenvalue weighted by Gasteiger charge is 2.24. The molecule has 1 atom stereocenters. The lowest BCUT2D eigenvalue weighted by Crippen LogP contribution is -2.23. The van der Waals surface area contributed by atoms with Crippen LogP contribution in [0.4, 0.5) is 0 Å². The quantitative estimate of drug-likeness (QED) is 0.244. The highest BCUT2D eigenvalue weighted by atomic mass is 16.3. The maximum absolute atomic E-state index is 12.8. The van der Waals surface area contributed by atoms with Gasteiger partial charge in [-0.2, -0.15) is 0 Å². The standard InChI is InChI=1S/C25H30O6/c1-14(2)5-7-17-11-16(12-21(27)23(17)29)13-22(28)25(31)19-9-10-20(26)18(24(19)30)8-6-15(3)4/h5-6,9-12,22,26-30H,7-8,13H2,1-4H3. The lowest BCUT2D eigenvalue weighted by Gasteiger charge is -2.15. The molecule has 0 fully saturated rings. The van der Waals surface area contributed by atoms with Gasteiger partial charge in [0.2, 0.25) is 0 Å². The molecule has 0 aliphatic heterocycles. The molecule has 0 spiro atoms. The zero-order chi connectivity index (χ0) is 23.3. The second-order valence-corrected chi connectivity index (χ2v) is 8.14. The first kappa shape index (κ1) is 24.0. The van der Waals surface area contributed by atoms with Crippen LogP contribution in [0.2, 0.25) is 0 Å². The molecule has 2 aromatic carbocycles. The molecule has 0 radical (unpaired) electrons. The van der Waals surface area contributed by atoms with Crippen LogP contribution in [-0.4, -0.2) is 37.4 Å². The average molecular weight is 427 g/mol. The molecule has 0 heterocycles. The van der Waals surface area contributed by atoms with Crippen LogP contribution in [0.1, 0.15) is 54.7 Å². The summed E-state index contributed by atoms with van der Waals surface area (Å²) in [6.07, 6.45) is 2.75. The van der Waals surface area contributed by atoms with E-state index < -0.39 is 11.9 Å². The van der Waals surface area contributed by atoms with Gasteiger partial charge in [0.15, 0.2) is 17.3 Å². The topological polar surface area (TPSA) is 118 Å². The molecule has 0 aliphatic carbocycles. The predicted octanol–water partition coefficient (Wildman–Crippen LogP) is 4.31. The first-order chi connectivity index (χ1) is 14.5. The summed E-state index contributed by atoms with van der Waals surface area (Å²) in [5.74, 6) is -1.75. The number of rotatable bonds is 8. The number of hydrogen-bond donors (Lipinski definition) is 5. The number of ketones is 1. The summed E-state index contributed by atoms with van der Waals surface area (Å²) in [4.78, 5) is 12.8. The Labute approximate surface area is 182 Å². The van der Waals surface area contributed by atoms with E-state index >= 15 is 0 Å². The van der Waals surface area contributed by atoms with Gasteiger partial charge in [0.05, 0.1) is 5.56 Å². The van der Waals surface area contributed by atoms with Crippen molar-refractivity contribution in [3.8, 4) is 23.0 Å². The van der Waals surface area contributed by atoms with Crippen LogP contribution >= 0.6 is 0 Å². The van der Waals surface area contributed by atoms with Gasteiger partial charge in [0, 0.05) is 17.5 Å². The van der Waals surface area contributed by atoms with Crippen molar-refractivity contribution >= 4 is 5.78 Å². The Balaban J connectivity index is 2.30. The van der Waals surface area contributed by atoms with Crippen molar-refractivity contribution in [1.29, 1.82) is 0 Å². The van der Waals surface area contributed by atoms with Gasteiger partial charge in [0.1, 0.15) is 17.6 Å². The molecule has 1 unspecified atom stereocenters. The Morgan fingerprint density at radius 1 is 0.871 bits per heavy atom. The summed E-state index contributed by atoms with van der Waals surface area (Å²) in [6.45, 7) is 7.59. The number of Topliss-reactive ketones (excluding diaryl/α,β-unsaturated/α-hetero) is 1. The Morgan fingerprint density at radius 3 is 2.10 bits per heavy atom. The molecule has 5 N–H and O–H groups in total. The average Bonchev–Trinajstić information content (AvgIpc) is 2.68. The summed E-state index contributed by atoms with van der Waals surface area (Å²) < 4.78 is 0.